The summed E-state index contributed by atoms with van der Waals surface area (Å²) in [7, 11) is 1.58. The van der Waals surface area contributed by atoms with Gasteiger partial charge in [-0.05, 0) is 6.07 Å². The van der Waals surface area contributed by atoms with Crippen LogP contribution in [0.2, 0.25) is 0 Å². The quantitative estimate of drug-likeness (QED) is 0.797. The van der Waals surface area contributed by atoms with Crippen LogP contribution in [0.3, 0.4) is 0 Å². The summed E-state index contributed by atoms with van der Waals surface area (Å²) < 4.78 is 40.9. The number of hydrogen-bond donors (Lipinski definition) is 1. The molecule has 124 valence electrons. The van der Waals surface area contributed by atoms with E-state index in [1.807, 2.05) is 0 Å². The molecule has 0 aliphatic carbocycles. The molecule has 2 aromatic heterocycles. The van der Waals surface area contributed by atoms with Crippen molar-refractivity contribution in [3.8, 4) is 0 Å². The minimum absolute atomic E-state index is 0.0264. The Balaban J connectivity index is 1.94. The summed E-state index contributed by atoms with van der Waals surface area (Å²) in [5.74, 6) is -0.553. The molecule has 0 atom stereocenters. The molecule has 0 aliphatic rings. The van der Waals surface area contributed by atoms with Crippen LogP contribution in [-0.4, -0.2) is 14.5 Å². The van der Waals surface area contributed by atoms with Crippen LogP contribution in [0, 0.1) is 5.82 Å². The van der Waals surface area contributed by atoms with Crippen LogP contribution in [0.5, 0.6) is 0 Å². The predicted octanol–water partition coefficient (Wildman–Crippen LogP) is 3.02. The van der Waals surface area contributed by atoms with E-state index in [4.69, 9.17) is 0 Å². The van der Waals surface area contributed by atoms with Crippen molar-refractivity contribution in [1.82, 2.24) is 14.5 Å². The molecule has 24 heavy (non-hydrogen) atoms. The fourth-order valence-electron chi connectivity index (χ4n) is 2.40. The fraction of sp³-hybridized carbons (Fsp3) is 0.188. The normalized spacial score (nSPS) is 11.2. The van der Waals surface area contributed by atoms with Crippen LogP contribution >= 0.6 is 0 Å². The van der Waals surface area contributed by atoms with Gasteiger partial charge in [0.1, 0.15) is 23.6 Å². The molecule has 1 N–H and O–H groups in total. The first-order chi connectivity index (χ1) is 11.5. The highest BCUT2D eigenvalue weighted by Crippen LogP contribution is 2.25. The standard InChI is InChI=1S/C16H13F3N4O/c1-23-12(24)6-5-11-15(21-8-22-16(11)23)20-7-9-3-2-4-10(13(9)17)14(18)19/h2-6,8,14H,7H2,1H3,(H,20,21,22). The average molecular weight is 334 g/mol. The average Bonchev–Trinajstić information content (AvgIpc) is 2.57. The molecule has 2 heterocycles. The molecule has 3 aromatic rings. The van der Waals surface area contributed by atoms with Crippen molar-refractivity contribution in [3.63, 3.8) is 0 Å². The number of fused-ring (bicyclic) bond motifs is 1. The highest BCUT2D eigenvalue weighted by Gasteiger charge is 2.16. The molecule has 1 aromatic carbocycles. The first-order valence-electron chi connectivity index (χ1n) is 7.09. The van der Waals surface area contributed by atoms with Gasteiger partial charge in [0.25, 0.3) is 12.0 Å². The maximum absolute atomic E-state index is 14.1. The number of aromatic nitrogens is 3. The highest BCUT2D eigenvalue weighted by atomic mass is 19.3. The van der Waals surface area contributed by atoms with Gasteiger partial charge in [-0.2, -0.15) is 0 Å². The number of nitrogens with zero attached hydrogens (tertiary/aromatic N) is 3. The van der Waals surface area contributed by atoms with E-state index >= 15 is 0 Å². The Morgan fingerprint density at radius 2 is 2.00 bits per heavy atom. The third kappa shape index (κ3) is 2.82. The van der Waals surface area contributed by atoms with E-state index in [1.54, 1.807) is 13.1 Å². The minimum atomic E-state index is -2.88. The Morgan fingerprint density at radius 1 is 1.21 bits per heavy atom. The molecule has 0 unspecified atom stereocenters. The van der Waals surface area contributed by atoms with E-state index in [0.29, 0.717) is 16.9 Å². The summed E-state index contributed by atoms with van der Waals surface area (Å²) in [6, 6.07) is 6.79. The number of rotatable bonds is 4. The molecule has 3 rings (SSSR count). The number of aryl methyl sites for hydroxylation is 1. The lowest BCUT2D eigenvalue weighted by molar-refractivity contribution is 0.146. The molecule has 5 nitrogen and oxygen atoms in total. The summed E-state index contributed by atoms with van der Waals surface area (Å²) in [5.41, 5.74) is -0.335. The van der Waals surface area contributed by atoms with Gasteiger partial charge < -0.3 is 5.32 Å². The molecule has 0 fully saturated rings. The Labute approximate surface area is 134 Å². The number of halogens is 3. The Kier molecular flexibility index (Phi) is 4.20. The van der Waals surface area contributed by atoms with Gasteiger partial charge in [-0.3, -0.25) is 9.36 Å². The fourth-order valence-corrected chi connectivity index (χ4v) is 2.40. The van der Waals surface area contributed by atoms with Crippen molar-refractivity contribution in [2.75, 3.05) is 5.32 Å². The lowest BCUT2D eigenvalue weighted by Gasteiger charge is -2.11. The molecule has 0 aliphatic heterocycles. The van der Waals surface area contributed by atoms with Crippen LogP contribution in [0.15, 0.2) is 41.5 Å². The molecule has 8 heteroatoms. The van der Waals surface area contributed by atoms with Crippen molar-refractivity contribution in [1.29, 1.82) is 0 Å². The Morgan fingerprint density at radius 3 is 2.75 bits per heavy atom. The van der Waals surface area contributed by atoms with Crippen LogP contribution in [0.4, 0.5) is 19.0 Å². The minimum Gasteiger partial charge on any atom is -0.365 e. The Bertz CT molecular complexity index is 956. The van der Waals surface area contributed by atoms with E-state index in [2.05, 4.69) is 15.3 Å². The van der Waals surface area contributed by atoms with Crippen LogP contribution in [0.25, 0.3) is 11.0 Å². The third-order valence-electron chi connectivity index (χ3n) is 3.69. The number of benzene rings is 1. The zero-order valence-corrected chi connectivity index (χ0v) is 12.6. The first-order valence-corrected chi connectivity index (χ1v) is 7.09. The lowest BCUT2D eigenvalue weighted by atomic mass is 10.1. The van der Waals surface area contributed by atoms with Crippen molar-refractivity contribution in [2.45, 2.75) is 13.0 Å². The van der Waals surface area contributed by atoms with Gasteiger partial charge >= 0.3 is 0 Å². The SMILES string of the molecule is Cn1c(=O)ccc2c(NCc3cccc(C(F)F)c3F)ncnc21. The van der Waals surface area contributed by atoms with E-state index in [1.165, 1.54) is 29.1 Å². The predicted molar refractivity (Wildman–Crippen MR) is 83.5 cm³/mol. The van der Waals surface area contributed by atoms with Gasteiger partial charge in [0.15, 0.2) is 0 Å². The van der Waals surface area contributed by atoms with Crippen molar-refractivity contribution < 1.29 is 13.2 Å². The summed E-state index contributed by atoms with van der Waals surface area (Å²) in [6.45, 7) is -0.0264. The number of pyridine rings is 1. The van der Waals surface area contributed by atoms with Gasteiger partial charge in [-0.25, -0.2) is 23.1 Å². The smallest absolute Gasteiger partial charge is 0.266 e. The zero-order chi connectivity index (χ0) is 17.3. The summed E-state index contributed by atoms with van der Waals surface area (Å²) in [6.07, 6.45) is -1.60. The Hall–Kier alpha value is -2.90. The van der Waals surface area contributed by atoms with Crippen LogP contribution < -0.4 is 10.9 Å². The summed E-state index contributed by atoms with van der Waals surface area (Å²) in [5, 5.41) is 3.48. The number of hydrogen-bond acceptors (Lipinski definition) is 4. The molecule has 0 bridgehead atoms. The van der Waals surface area contributed by atoms with Crippen LogP contribution in [-0.2, 0) is 13.6 Å². The number of anilines is 1. The number of nitrogens with one attached hydrogen (secondary N) is 1. The van der Waals surface area contributed by atoms with E-state index in [-0.39, 0.29) is 17.7 Å². The van der Waals surface area contributed by atoms with Gasteiger partial charge in [0.05, 0.1) is 10.9 Å². The highest BCUT2D eigenvalue weighted by molar-refractivity contribution is 5.86. The molecule has 0 amide bonds. The van der Waals surface area contributed by atoms with Crippen molar-refractivity contribution >= 4 is 16.9 Å². The summed E-state index contributed by atoms with van der Waals surface area (Å²) in [4.78, 5) is 19.8. The molecule has 0 saturated heterocycles. The van der Waals surface area contributed by atoms with Gasteiger partial charge in [0.2, 0.25) is 0 Å². The molecular formula is C16H13F3N4O. The second kappa shape index (κ2) is 6.31. The van der Waals surface area contributed by atoms with Gasteiger partial charge in [-0.1, -0.05) is 18.2 Å². The van der Waals surface area contributed by atoms with E-state index in [0.717, 1.165) is 6.07 Å². The lowest BCUT2D eigenvalue weighted by Crippen LogP contribution is -2.17. The van der Waals surface area contributed by atoms with Crippen LogP contribution in [0.1, 0.15) is 17.6 Å². The molecule has 0 radical (unpaired) electrons. The zero-order valence-electron chi connectivity index (χ0n) is 12.6. The first kappa shape index (κ1) is 16.0. The van der Waals surface area contributed by atoms with E-state index < -0.39 is 17.8 Å². The van der Waals surface area contributed by atoms with E-state index in [9.17, 15) is 18.0 Å². The number of alkyl halides is 2. The van der Waals surface area contributed by atoms with Gasteiger partial charge in [0, 0.05) is 25.2 Å². The third-order valence-corrected chi connectivity index (χ3v) is 3.69. The van der Waals surface area contributed by atoms with Crippen molar-refractivity contribution in [2.24, 2.45) is 7.05 Å². The maximum atomic E-state index is 14.1. The largest absolute Gasteiger partial charge is 0.365 e. The monoisotopic (exact) mass is 334 g/mol. The molecular weight excluding hydrogens is 321 g/mol. The second-order valence-corrected chi connectivity index (χ2v) is 5.16. The van der Waals surface area contributed by atoms with Crippen molar-refractivity contribution in [3.05, 3.63) is 64.0 Å². The molecule has 0 spiro atoms. The second-order valence-electron chi connectivity index (χ2n) is 5.16. The molecule has 0 saturated carbocycles. The topological polar surface area (TPSA) is 59.8 Å². The maximum Gasteiger partial charge on any atom is 0.266 e. The summed E-state index contributed by atoms with van der Waals surface area (Å²) >= 11 is 0. The van der Waals surface area contributed by atoms with Gasteiger partial charge in [-0.15, -0.1) is 0 Å².